The Labute approximate surface area is 128 Å². The highest BCUT2D eigenvalue weighted by atomic mass is 16.5. The second-order valence-corrected chi connectivity index (χ2v) is 4.76. The predicted octanol–water partition coefficient (Wildman–Crippen LogP) is 5.02. The normalized spacial score (nSPS) is 13.2. The molecule has 0 aromatic heterocycles. The van der Waals surface area contributed by atoms with Gasteiger partial charge in [0.25, 0.3) is 0 Å². The van der Waals surface area contributed by atoms with Gasteiger partial charge >= 0.3 is 5.97 Å². The molecule has 0 amide bonds. The Morgan fingerprint density at radius 2 is 2.00 bits per heavy atom. The first-order chi connectivity index (χ1) is 10.2. The van der Waals surface area contributed by atoms with E-state index >= 15 is 0 Å². The van der Waals surface area contributed by atoms with E-state index in [2.05, 4.69) is 25.7 Å². The minimum atomic E-state index is -0.904. The molecule has 0 radical (unpaired) electrons. The van der Waals surface area contributed by atoms with Gasteiger partial charge in [0.2, 0.25) is 0 Å². The number of aliphatic carboxylic acids is 1. The molecule has 118 valence electrons. The first-order valence-corrected chi connectivity index (χ1v) is 7.68. The molecule has 1 N–H and O–H groups in total. The molecule has 0 saturated carbocycles. The van der Waals surface area contributed by atoms with Crippen LogP contribution in [0.4, 0.5) is 0 Å². The highest BCUT2D eigenvalue weighted by Crippen LogP contribution is 2.09. The van der Waals surface area contributed by atoms with Crippen LogP contribution in [-0.4, -0.2) is 17.2 Å². The minimum absolute atomic E-state index is 0.541. The Kier molecular flexibility index (Phi) is 13.4. The monoisotopic (exact) mass is 292 g/mol. The number of carboxylic acid groups (broad SMARTS) is 1. The van der Waals surface area contributed by atoms with Gasteiger partial charge in [-0.05, 0) is 44.6 Å². The van der Waals surface area contributed by atoms with Crippen molar-refractivity contribution in [2.45, 2.75) is 58.0 Å². The molecule has 0 heterocycles. The number of ether oxygens (including phenoxy) is 1. The van der Waals surface area contributed by atoms with Crippen LogP contribution in [0.3, 0.4) is 0 Å². The van der Waals surface area contributed by atoms with Gasteiger partial charge in [-0.1, -0.05) is 43.7 Å². The second-order valence-electron chi connectivity index (χ2n) is 4.76. The summed E-state index contributed by atoms with van der Waals surface area (Å²) in [6.07, 6.45) is 18.7. The van der Waals surface area contributed by atoms with Gasteiger partial charge in [0.1, 0.15) is 0 Å². The summed E-state index contributed by atoms with van der Waals surface area (Å²) >= 11 is 0. The van der Waals surface area contributed by atoms with E-state index in [1.165, 1.54) is 6.26 Å². The molecular weight excluding hydrogens is 264 g/mol. The summed E-state index contributed by atoms with van der Waals surface area (Å²) in [6, 6.07) is 0. The van der Waals surface area contributed by atoms with Gasteiger partial charge in [0.05, 0.1) is 6.26 Å². The number of allylic oxidation sites excluding steroid dienone is 6. The maximum atomic E-state index is 11.1. The first kappa shape index (κ1) is 19.2. The third-order valence-electron chi connectivity index (χ3n) is 2.89. The molecule has 0 aromatic carbocycles. The summed E-state index contributed by atoms with van der Waals surface area (Å²) in [4.78, 5) is 11.1. The summed E-state index contributed by atoms with van der Waals surface area (Å²) < 4.78 is 5.27. The molecule has 0 bridgehead atoms. The van der Waals surface area contributed by atoms with Gasteiger partial charge < -0.3 is 9.84 Å². The van der Waals surface area contributed by atoms with Crippen molar-refractivity contribution in [3.05, 3.63) is 49.3 Å². The van der Waals surface area contributed by atoms with Crippen LogP contribution >= 0.6 is 0 Å². The van der Waals surface area contributed by atoms with E-state index in [1.807, 2.05) is 18.2 Å². The molecule has 21 heavy (non-hydrogen) atoms. The fourth-order valence-electron chi connectivity index (χ4n) is 1.73. The van der Waals surface area contributed by atoms with Gasteiger partial charge in [-0.2, -0.15) is 0 Å². The van der Waals surface area contributed by atoms with Crippen molar-refractivity contribution in [2.75, 3.05) is 0 Å². The van der Waals surface area contributed by atoms with Crippen molar-refractivity contribution < 1.29 is 14.6 Å². The summed E-state index contributed by atoms with van der Waals surface area (Å²) in [7, 11) is 0. The molecule has 0 aliphatic carbocycles. The lowest BCUT2D eigenvalue weighted by Crippen LogP contribution is -2.21. The number of carbonyl (C=O) groups is 1. The first-order valence-electron chi connectivity index (χ1n) is 7.68. The summed E-state index contributed by atoms with van der Waals surface area (Å²) in [6.45, 7) is 5.76. The Morgan fingerprint density at radius 3 is 2.67 bits per heavy atom. The third-order valence-corrected chi connectivity index (χ3v) is 2.89. The molecule has 0 aromatic rings. The van der Waals surface area contributed by atoms with Crippen LogP contribution in [-0.2, 0) is 9.53 Å². The molecule has 0 aliphatic rings. The Morgan fingerprint density at radius 1 is 1.19 bits per heavy atom. The fourth-order valence-corrected chi connectivity index (χ4v) is 1.73. The average molecular weight is 292 g/mol. The van der Waals surface area contributed by atoms with Gasteiger partial charge in [-0.15, -0.1) is 6.58 Å². The average Bonchev–Trinajstić information content (AvgIpc) is 2.47. The standard InChI is InChI=1S/C18H28O3/c1-3-5-7-9-10-12-14-16-21-17(18(19)20)15-13-11-8-6-4-2/h4-5,7,10,12,14,16-17H,2-3,6,8-9,11,13,15H2,1H3,(H,19,20). The van der Waals surface area contributed by atoms with E-state index in [0.29, 0.717) is 6.42 Å². The Hall–Kier alpha value is -1.77. The maximum Gasteiger partial charge on any atom is 0.344 e. The van der Waals surface area contributed by atoms with Crippen molar-refractivity contribution in [3.63, 3.8) is 0 Å². The van der Waals surface area contributed by atoms with Crippen LogP contribution in [0.1, 0.15) is 51.9 Å². The number of unbranched alkanes of at least 4 members (excludes halogenated alkanes) is 3. The summed E-state index contributed by atoms with van der Waals surface area (Å²) in [5.74, 6) is -0.904. The minimum Gasteiger partial charge on any atom is -0.486 e. The molecular formula is C18H28O3. The lowest BCUT2D eigenvalue weighted by atomic mass is 10.1. The zero-order valence-corrected chi connectivity index (χ0v) is 13.0. The maximum absolute atomic E-state index is 11.1. The highest BCUT2D eigenvalue weighted by molar-refractivity contribution is 5.72. The highest BCUT2D eigenvalue weighted by Gasteiger charge is 2.16. The van der Waals surface area contributed by atoms with Crippen molar-refractivity contribution in [3.8, 4) is 0 Å². The van der Waals surface area contributed by atoms with E-state index in [0.717, 1.165) is 38.5 Å². The number of hydrogen-bond acceptors (Lipinski definition) is 2. The van der Waals surface area contributed by atoms with Crippen molar-refractivity contribution in [2.24, 2.45) is 0 Å². The molecule has 0 rings (SSSR count). The van der Waals surface area contributed by atoms with Gasteiger partial charge in [0.15, 0.2) is 6.10 Å². The molecule has 0 saturated heterocycles. The third kappa shape index (κ3) is 13.0. The van der Waals surface area contributed by atoms with E-state index < -0.39 is 12.1 Å². The van der Waals surface area contributed by atoms with Gasteiger partial charge in [0, 0.05) is 0 Å². The number of hydrogen-bond donors (Lipinski definition) is 1. The van der Waals surface area contributed by atoms with E-state index in [9.17, 15) is 4.79 Å². The summed E-state index contributed by atoms with van der Waals surface area (Å²) in [5, 5.41) is 9.07. The topological polar surface area (TPSA) is 46.5 Å². The van der Waals surface area contributed by atoms with E-state index in [4.69, 9.17) is 9.84 Å². The second kappa shape index (κ2) is 14.6. The zero-order chi connectivity index (χ0) is 15.8. The van der Waals surface area contributed by atoms with Crippen molar-refractivity contribution >= 4 is 5.97 Å². The fraction of sp³-hybridized carbons (Fsp3) is 0.500. The molecule has 1 atom stereocenters. The quantitative estimate of drug-likeness (QED) is 0.224. The van der Waals surface area contributed by atoms with E-state index in [1.54, 1.807) is 6.08 Å². The molecule has 0 aliphatic heterocycles. The molecule has 1 unspecified atom stereocenters. The van der Waals surface area contributed by atoms with Crippen LogP contribution in [0.25, 0.3) is 0 Å². The lowest BCUT2D eigenvalue weighted by Gasteiger charge is -2.11. The molecule has 3 heteroatoms. The molecule has 0 fully saturated rings. The Bertz CT molecular complexity index is 353. The lowest BCUT2D eigenvalue weighted by molar-refractivity contribution is -0.147. The zero-order valence-electron chi connectivity index (χ0n) is 13.0. The summed E-state index contributed by atoms with van der Waals surface area (Å²) in [5.41, 5.74) is 0. The number of rotatable bonds is 13. The van der Waals surface area contributed by atoms with Crippen LogP contribution in [0.15, 0.2) is 49.3 Å². The number of carboxylic acids is 1. The van der Waals surface area contributed by atoms with Crippen LogP contribution in [0, 0.1) is 0 Å². The molecule has 0 spiro atoms. The van der Waals surface area contributed by atoms with Gasteiger partial charge in [-0.3, -0.25) is 0 Å². The molecule has 3 nitrogen and oxygen atoms in total. The largest absolute Gasteiger partial charge is 0.486 e. The smallest absolute Gasteiger partial charge is 0.344 e. The Balaban J connectivity index is 3.89. The van der Waals surface area contributed by atoms with Crippen molar-refractivity contribution in [1.82, 2.24) is 0 Å². The van der Waals surface area contributed by atoms with Gasteiger partial charge in [-0.25, -0.2) is 4.79 Å². The van der Waals surface area contributed by atoms with Crippen LogP contribution in [0.5, 0.6) is 0 Å². The predicted molar refractivity (Wildman–Crippen MR) is 88.1 cm³/mol. The van der Waals surface area contributed by atoms with Crippen molar-refractivity contribution in [1.29, 1.82) is 0 Å². The van der Waals surface area contributed by atoms with Crippen LogP contribution < -0.4 is 0 Å². The van der Waals surface area contributed by atoms with E-state index in [-0.39, 0.29) is 0 Å². The van der Waals surface area contributed by atoms with Crippen LogP contribution in [0.2, 0.25) is 0 Å². The SMILES string of the molecule is C=CCCCCCC(OC=CC=CCC=CCC)C(=O)O.